The van der Waals surface area contributed by atoms with Crippen molar-refractivity contribution in [3.8, 4) is 5.75 Å². The zero-order chi connectivity index (χ0) is 23.4. The molecule has 0 aliphatic heterocycles. The first kappa shape index (κ1) is 22.6. The van der Waals surface area contributed by atoms with Crippen LogP contribution in [-0.2, 0) is 18.7 Å². The fourth-order valence-electron chi connectivity index (χ4n) is 3.30. The van der Waals surface area contributed by atoms with Gasteiger partial charge in [0, 0.05) is 18.1 Å². The number of benzene rings is 2. The summed E-state index contributed by atoms with van der Waals surface area (Å²) in [5.41, 5.74) is 3.32. The van der Waals surface area contributed by atoms with E-state index < -0.39 is 0 Å². The maximum atomic E-state index is 12.6. The third kappa shape index (κ3) is 6.02. The van der Waals surface area contributed by atoms with E-state index >= 15 is 0 Å². The smallest absolute Gasteiger partial charge is 0.276 e. The van der Waals surface area contributed by atoms with Gasteiger partial charge in [-0.3, -0.25) is 9.48 Å². The third-order valence-corrected chi connectivity index (χ3v) is 5.28. The second-order valence-corrected chi connectivity index (χ2v) is 9.24. The standard InChI is InChI=1S/C25H26ClN5O2/c1-25(2,3)19-7-9-22(10-8-19)33-17-30-12-11-23(29-30)24(32)28-21-6-4-5-18(13-21)15-31-16-20(26)14-27-31/h4-14,16H,15,17H2,1-3H3,(H,28,32). The average Bonchev–Trinajstić information content (AvgIpc) is 3.41. The minimum atomic E-state index is -0.289. The summed E-state index contributed by atoms with van der Waals surface area (Å²) in [4.78, 5) is 12.6. The van der Waals surface area contributed by atoms with Crippen LogP contribution in [-0.4, -0.2) is 25.5 Å². The molecule has 0 fully saturated rings. The molecule has 4 rings (SSSR count). The zero-order valence-corrected chi connectivity index (χ0v) is 19.6. The molecule has 2 aromatic heterocycles. The van der Waals surface area contributed by atoms with E-state index in [4.69, 9.17) is 16.3 Å². The molecular formula is C25H26ClN5O2. The van der Waals surface area contributed by atoms with Gasteiger partial charge in [-0.1, -0.05) is 56.6 Å². The molecule has 170 valence electrons. The van der Waals surface area contributed by atoms with E-state index in [1.54, 1.807) is 34.0 Å². The molecule has 1 N–H and O–H groups in total. The number of halogens is 1. The van der Waals surface area contributed by atoms with Crippen molar-refractivity contribution in [1.29, 1.82) is 0 Å². The quantitative estimate of drug-likeness (QED) is 0.400. The molecule has 0 radical (unpaired) electrons. The van der Waals surface area contributed by atoms with Crippen LogP contribution in [0.3, 0.4) is 0 Å². The highest BCUT2D eigenvalue weighted by Gasteiger charge is 2.13. The summed E-state index contributed by atoms with van der Waals surface area (Å²) in [6.45, 7) is 7.28. The molecule has 1 amide bonds. The number of ether oxygens (including phenoxy) is 1. The maximum absolute atomic E-state index is 12.6. The van der Waals surface area contributed by atoms with Crippen LogP contribution in [0.5, 0.6) is 5.75 Å². The Morgan fingerprint density at radius 1 is 1.09 bits per heavy atom. The van der Waals surface area contributed by atoms with Crippen LogP contribution in [0.25, 0.3) is 0 Å². The first-order chi connectivity index (χ1) is 15.8. The van der Waals surface area contributed by atoms with Gasteiger partial charge in [-0.25, -0.2) is 4.68 Å². The Balaban J connectivity index is 1.34. The van der Waals surface area contributed by atoms with Gasteiger partial charge in [-0.05, 0) is 46.9 Å². The summed E-state index contributed by atoms with van der Waals surface area (Å²) in [7, 11) is 0. The SMILES string of the molecule is CC(C)(C)c1ccc(OCn2ccc(C(=O)Nc3cccc(Cn4cc(Cl)cn4)c3)n2)cc1. The second-order valence-electron chi connectivity index (χ2n) is 8.80. The molecule has 33 heavy (non-hydrogen) atoms. The Labute approximate surface area is 197 Å². The normalized spacial score (nSPS) is 11.4. The maximum Gasteiger partial charge on any atom is 0.276 e. The predicted molar refractivity (Wildman–Crippen MR) is 129 cm³/mol. The number of hydrogen-bond donors (Lipinski definition) is 1. The minimum Gasteiger partial charge on any atom is -0.471 e. The summed E-state index contributed by atoms with van der Waals surface area (Å²) < 4.78 is 9.12. The number of carbonyl (C=O) groups is 1. The van der Waals surface area contributed by atoms with Crippen molar-refractivity contribution in [3.63, 3.8) is 0 Å². The number of carbonyl (C=O) groups excluding carboxylic acids is 1. The average molecular weight is 464 g/mol. The van der Waals surface area contributed by atoms with Gasteiger partial charge < -0.3 is 10.1 Å². The van der Waals surface area contributed by atoms with Crippen molar-refractivity contribution in [3.05, 3.63) is 95.0 Å². The minimum absolute atomic E-state index is 0.0924. The van der Waals surface area contributed by atoms with E-state index in [-0.39, 0.29) is 18.1 Å². The second kappa shape index (κ2) is 9.50. The first-order valence-electron chi connectivity index (χ1n) is 10.6. The van der Waals surface area contributed by atoms with Crippen molar-refractivity contribution in [2.45, 2.75) is 39.5 Å². The molecule has 0 saturated carbocycles. The van der Waals surface area contributed by atoms with Crippen molar-refractivity contribution in [2.75, 3.05) is 5.32 Å². The molecule has 8 heteroatoms. The van der Waals surface area contributed by atoms with Crippen LogP contribution in [0.4, 0.5) is 5.69 Å². The highest BCUT2D eigenvalue weighted by molar-refractivity contribution is 6.30. The molecule has 0 aliphatic rings. The molecule has 0 aliphatic carbocycles. The lowest BCUT2D eigenvalue weighted by Crippen LogP contribution is -2.14. The van der Waals surface area contributed by atoms with Gasteiger partial charge in [0.25, 0.3) is 5.91 Å². The molecule has 0 saturated heterocycles. The van der Waals surface area contributed by atoms with E-state index in [2.05, 4.69) is 48.4 Å². The van der Waals surface area contributed by atoms with E-state index in [0.29, 0.717) is 22.9 Å². The van der Waals surface area contributed by atoms with Crippen LogP contribution in [0.15, 0.2) is 73.2 Å². The molecule has 0 spiro atoms. The summed E-state index contributed by atoms with van der Waals surface area (Å²) in [5, 5.41) is 12.0. The Bertz CT molecular complexity index is 1240. The van der Waals surface area contributed by atoms with Crippen molar-refractivity contribution in [2.24, 2.45) is 0 Å². The molecule has 0 atom stereocenters. The van der Waals surface area contributed by atoms with Gasteiger partial charge in [0.05, 0.1) is 17.8 Å². The molecule has 0 bridgehead atoms. The molecule has 2 heterocycles. The fraction of sp³-hybridized carbons (Fsp3) is 0.240. The summed E-state index contributed by atoms with van der Waals surface area (Å²) >= 11 is 5.92. The Morgan fingerprint density at radius 2 is 1.88 bits per heavy atom. The van der Waals surface area contributed by atoms with Crippen LogP contribution in [0, 0.1) is 0 Å². The van der Waals surface area contributed by atoms with Gasteiger partial charge in [0.2, 0.25) is 0 Å². The predicted octanol–water partition coefficient (Wildman–Crippen LogP) is 5.37. The van der Waals surface area contributed by atoms with Crippen LogP contribution in [0.2, 0.25) is 5.02 Å². The summed E-state index contributed by atoms with van der Waals surface area (Å²) in [5.74, 6) is 0.461. The Morgan fingerprint density at radius 3 is 2.58 bits per heavy atom. The van der Waals surface area contributed by atoms with Crippen LogP contribution < -0.4 is 10.1 Å². The zero-order valence-electron chi connectivity index (χ0n) is 18.8. The van der Waals surface area contributed by atoms with Gasteiger partial charge >= 0.3 is 0 Å². The molecule has 0 unspecified atom stereocenters. The van der Waals surface area contributed by atoms with E-state index in [0.717, 1.165) is 11.3 Å². The number of hydrogen-bond acceptors (Lipinski definition) is 4. The molecular weight excluding hydrogens is 438 g/mol. The van der Waals surface area contributed by atoms with E-state index in [9.17, 15) is 4.79 Å². The first-order valence-corrected chi connectivity index (χ1v) is 11.0. The van der Waals surface area contributed by atoms with E-state index in [1.807, 2.05) is 36.4 Å². The number of nitrogens with one attached hydrogen (secondary N) is 1. The molecule has 4 aromatic rings. The number of amides is 1. The third-order valence-electron chi connectivity index (χ3n) is 5.09. The molecule has 7 nitrogen and oxygen atoms in total. The van der Waals surface area contributed by atoms with Gasteiger partial charge in [-0.2, -0.15) is 10.2 Å². The number of anilines is 1. The monoisotopic (exact) mass is 463 g/mol. The highest BCUT2D eigenvalue weighted by Crippen LogP contribution is 2.24. The van der Waals surface area contributed by atoms with Gasteiger partial charge in [-0.15, -0.1) is 0 Å². The van der Waals surface area contributed by atoms with Crippen molar-refractivity contribution in [1.82, 2.24) is 19.6 Å². The van der Waals surface area contributed by atoms with Crippen molar-refractivity contribution < 1.29 is 9.53 Å². The van der Waals surface area contributed by atoms with E-state index in [1.165, 1.54) is 5.56 Å². The summed E-state index contributed by atoms with van der Waals surface area (Å²) in [6.07, 6.45) is 5.06. The Kier molecular flexibility index (Phi) is 6.51. The van der Waals surface area contributed by atoms with Crippen LogP contribution >= 0.6 is 11.6 Å². The van der Waals surface area contributed by atoms with Gasteiger partial charge in [0.1, 0.15) is 5.75 Å². The summed E-state index contributed by atoms with van der Waals surface area (Å²) in [6, 6.07) is 17.3. The lowest BCUT2D eigenvalue weighted by atomic mass is 9.87. The fourth-order valence-corrected chi connectivity index (χ4v) is 3.46. The largest absolute Gasteiger partial charge is 0.471 e. The topological polar surface area (TPSA) is 74.0 Å². The van der Waals surface area contributed by atoms with Crippen molar-refractivity contribution >= 4 is 23.2 Å². The lowest BCUT2D eigenvalue weighted by molar-refractivity contribution is 0.102. The molecule has 2 aromatic carbocycles. The number of aromatic nitrogens is 4. The van der Waals surface area contributed by atoms with Gasteiger partial charge in [0.15, 0.2) is 12.4 Å². The number of rotatable bonds is 7. The number of nitrogens with zero attached hydrogens (tertiary/aromatic N) is 4. The highest BCUT2D eigenvalue weighted by atomic mass is 35.5. The lowest BCUT2D eigenvalue weighted by Gasteiger charge is -2.19. The van der Waals surface area contributed by atoms with Crippen LogP contribution in [0.1, 0.15) is 42.4 Å². The Hall–Kier alpha value is -3.58.